The first kappa shape index (κ1) is 21.2. The van der Waals surface area contributed by atoms with Gasteiger partial charge in [-0.15, -0.1) is 0 Å². The molecule has 1 N–H and O–H groups in total. The van der Waals surface area contributed by atoms with Crippen molar-refractivity contribution in [3.63, 3.8) is 0 Å². The highest BCUT2D eigenvalue weighted by Crippen LogP contribution is 2.38. The number of hydrogen-bond acceptors (Lipinski definition) is 5. The van der Waals surface area contributed by atoms with E-state index in [9.17, 15) is 13.6 Å². The van der Waals surface area contributed by atoms with Crippen LogP contribution in [0.15, 0.2) is 18.2 Å². The zero-order valence-electron chi connectivity index (χ0n) is 16.0. The molecule has 0 bridgehead atoms. The Balaban J connectivity index is 1.84. The quantitative estimate of drug-likeness (QED) is 0.624. The lowest BCUT2D eigenvalue weighted by atomic mass is 10.1. The second kappa shape index (κ2) is 8.89. The first-order chi connectivity index (χ1) is 13.9. The minimum Gasteiger partial charge on any atom is -0.461 e. The van der Waals surface area contributed by atoms with Crippen LogP contribution < -0.4 is 5.32 Å². The third-order valence-corrected chi connectivity index (χ3v) is 5.39. The van der Waals surface area contributed by atoms with E-state index < -0.39 is 17.6 Å². The lowest BCUT2D eigenvalue weighted by Crippen LogP contribution is -2.32. The number of ether oxygens (including phenoxy) is 1. The van der Waals surface area contributed by atoms with E-state index in [-0.39, 0.29) is 35.1 Å². The third-order valence-electron chi connectivity index (χ3n) is 4.97. The van der Waals surface area contributed by atoms with Crippen molar-refractivity contribution in [2.75, 3.05) is 13.2 Å². The first-order valence-electron chi connectivity index (χ1n) is 9.38. The maximum atomic E-state index is 14.0. The minimum absolute atomic E-state index is 0.0283. The Morgan fingerprint density at radius 2 is 2.07 bits per heavy atom. The molecule has 1 aromatic carbocycles. The number of esters is 1. The smallest absolute Gasteiger partial charge is 0.359 e. The molecule has 3 rings (SSSR count). The van der Waals surface area contributed by atoms with Crippen LogP contribution in [0.25, 0.3) is 0 Å². The van der Waals surface area contributed by atoms with Gasteiger partial charge in [0, 0.05) is 16.7 Å². The maximum Gasteiger partial charge on any atom is 0.359 e. The summed E-state index contributed by atoms with van der Waals surface area (Å²) in [6.45, 7) is 2.06. The second-order valence-corrected chi connectivity index (χ2v) is 7.35. The number of nitrogens with one attached hydrogen (secondary N) is 1. The van der Waals surface area contributed by atoms with Crippen LogP contribution in [0.1, 0.15) is 47.8 Å². The standard InChI is InChI=1S/C20H21ClF2N4O2/c1-2-29-19(28)17-13(6-11-25-20(7-8-20)9-10-24)18(21)27(26-17)12-14-15(22)4-3-5-16(14)23/h3-5,25H,2,6-9,11-12H2,1H3. The van der Waals surface area contributed by atoms with Crippen molar-refractivity contribution < 1.29 is 18.3 Å². The number of nitriles is 1. The summed E-state index contributed by atoms with van der Waals surface area (Å²) < 4.78 is 34.3. The number of rotatable bonds is 9. The van der Waals surface area contributed by atoms with Gasteiger partial charge in [-0.2, -0.15) is 10.4 Å². The van der Waals surface area contributed by atoms with Crippen LogP contribution >= 0.6 is 11.6 Å². The van der Waals surface area contributed by atoms with Crippen molar-refractivity contribution in [1.29, 1.82) is 5.26 Å². The van der Waals surface area contributed by atoms with Gasteiger partial charge in [0.2, 0.25) is 0 Å². The topological polar surface area (TPSA) is 79.9 Å². The van der Waals surface area contributed by atoms with Gasteiger partial charge in [0.25, 0.3) is 0 Å². The molecule has 0 aliphatic heterocycles. The normalized spacial score (nSPS) is 14.4. The van der Waals surface area contributed by atoms with Gasteiger partial charge in [-0.1, -0.05) is 17.7 Å². The van der Waals surface area contributed by atoms with Gasteiger partial charge >= 0.3 is 5.97 Å². The van der Waals surface area contributed by atoms with E-state index in [0.29, 0.717) is 24.9 Å². The molecule has 0 saturated heterocycles. The Hall–Kier alpha value is -2.50. The Labute approximate surface area is 172 Å². The molecule has 6 nitrogen and oxygen atoms in total. The number of aromatic nitrogens is 2. The number of nitrogens with zero attached hydrogens (tertiary/aromatic N) is 3. The van der Waals surface area contributed by atoms with Gasteiger partial charge in [-0.3, -0.25) is 0 Å². The maximum absolute atomic E-state index is 14.0. The Kier molecular flexibility index (Phi) is 6.50. The third kappa shape index (κ3) is 4.74. The fourth-order valence-corrected chi connectivity index (χ4v) is 3.45. The average Bonchev–Trinajstić information content (AvgIpc) is 3.37. The highest BCUT2D eigenvalue weighted by molar-refractivity contribution is 6.30. The van der Waals surface area contributed by atoms with Crippen LogP contribution in [0, 0.1) is 23.0 Å². The predicted molar refractivity (Wildman–Crippen MR) is 103 cm³/mol. The van der Waals surface area contributed by atoms with Crippen molar-refractivity contribution in [2.24, 2.45) is 0 Å². The van der Waals surface area contributed by atoms with E-state index in [0.717, 1.165) is 25.0 Å². The molecule has 1 aromatic heterocycles. The van der Waals surface area contributed by atoms with Gasteiger partial charge in [0.15, 0.2) is 5.69 Å². The second-order valence-electron chi connectivity index (χ2n) is 6.99. The molecule has 0 unspecified atom stereocenters. The zero-order chi connectivity index (χ0) is 21.0. The highest BCUT2D eigenvalue weighted by atomic mass is 35.5. The molecule has 1 heterocycles. The molecule has 29 heavy (non-hydrogen) atoms. The van der Waals surface area contributed by atoms with Gasteiger partial charge in [0.1, 0.15) is 16.8 Å². The Morgan fingerprint density at radius 3 is 2.66 bits per heavy atom. The predicted octanol–water partition coefficient (Wildman–Crippen LogP) is 3.62. The van der Waals surface area contributed by atoms with Gasteiger partial charge < -0.3 is 10.1 Å². The number of carbonyl (C=O) groups excluding carboxylic acids is 1. The summed E-state index contributed by atoms with van der Waals surface area (Å²) in [7, 11) is 0. The number of halogens is 3. The van der Waals surface area contributed by atoms with Crippen molar-refractivity contribution >= 4 is 17.6 Å². The molecule has 9 heteroatoms. The lowest BCUT2D eigenvalue weighted by molar-refractivity contribution is 0.0517. The monoisotopic (exact) mass is 422 g/mol. The molecule has 0 radical (unpaired) electrons. The zero-order valence-corrected chi connectivity index (χ0v) is 16.7. The molecule has 0 spiro atoms. The van der Waals surface area contributed by atoms with Gasteiger partial charge in [-0.25, -0.2) is 18.3 Å². The van der Waals surface area contributed by atoms with Crippen LogP contribution in [0.5, 0.6) is 0 Å². The minimum atomic E-state index is -0.718. The van der Waals surface area contributed by atoms with E-state index in [2.05, 4.69) is 16.5 Å². The van der Waals surface area contributed by atoms with Crippen LogP contribution in [0.4, 0.5) is 8.78 Å². The number of hydrogen-bond donors (Lipinski definition) is 1. The molecular weight excluding hydrogens is 402 g/mol. The summed E-state index contributed by atoms with van der Waals surface area (Å²) in [4.78, 5) is 12.3. The summed E-state index contributed by atoms with van der Waals surface area (Å²) in [6, 6.07) is 5.74. The number of carbonyl (C=O) groups is 1. The molecule has 2 aromatic rings. The molecule has 1 aliphatic rings. The van der Waals surface area contributed by atoms with Crippen molar-refractivity contribution in [3.05, 3.63) is 51.8 Å². The van der Waals surface area contributed by atoms with Crippen LogP contribution in [0.3, 0.4) is 0 Å². The molecule has 1 saturated carbocycles. The molecule has 154 valence electrons. The van der Waals surface area contributed by atoms with E-state index in [1.54, 1.807) is 6.92 Å². The van der Waals surface area contributed by atoms with E-state index in [4.69, 9.17) is 21.6 Å². The molecule has 1 aliphatic carbocycles. The Bertz CT molecular complexity index is 930. The highest BCUT2D eigenvalue weighted by Gasteiger charge is 2.41. The Morgan fingerprint density at radius 1 is 1.38 bits per heavy atom. The van der Waals surface area contributed by atoms with Gasteiger partial charge in [0.05, 0.1) is 25.6 Å². The van der Waals surface area contributed by atoms with E-state index in [1.807, 2.05) is 0 Å². The molecular formula is C20H21ClF2N4O2. The van der Waals surface area contributed by atoms with Crippen molar-refractivity contribution in [1.82, 2.24) is 15.1 Å². The van der Waals surface area contributed by atoms with Crippen LogP contribution in [-0.4, -0.2) is 34.4 Å². The first-order valence-corrected chi connectivity index (χ1v) is 9.75. The summed E-state index contributed by atoms with van der Waals surface area (Å²) in [5.41, 5.74) is 0.114. The van der Waals surface area contributed by atoms with Crippen molar-refractivity contribution in [3.8, 4) is 6.07 Å². The summed E-state index contributed by atoms with van der Waals surface area (Å²) >= 11 is 6.42. The average molecular weight is 423 g/mol. The van der Waals surface area contributed by atoms with E-state index in [1.165, 1.54) is 10.7 Å². The van der Waals surface area contributed by atoms with Crippen LogP contribution in [0.2, 0.25) is 5.15 Å². The summed E-state index contributed by atoms with van der Waals surface area (Å²) in [5, 5.41) is 16.5. The van der Waals surface area contributed by atoms with Crippen molar-refractivity contribution in [2.45, 2.75) is 44.7 Å². The molecule has 0 atom stereocenters. The molecule has 1 fully saturated rings. The summed E-state index contributed by atoms with van der Waals surface area (Å²) in [6.07, 6.45) is 2.62. The largest absolute Gasteiger partial charge is 0.461 e. The SMILES string of the molecule is CCOC(=O)c1nn(Cc2c(F)cccc2F)c(Cl)c1CCNC1(CC#N)CC1. The van der Waals surface area contributed by atoms with Crippen LogP contribution in [-0.2, 0) is 17.7 Å². The fourth-order valence-electron chi connectivity index (χ4n) is 3.17. The van der Waals surface area contributed by atoms with E-state index >= 15 is 0 Å². The van der Waals surface area contributed by atoms with Gasteiger partial charge in [-0.05, 0) is 44.9 Å². The lowest BCUT2D eigenvalue weighted by Gasteiger charge is -2.13. The summed E-state index contributed by atoms with van der Waals surface area (Å²) in [5.74, 6) is -2.08. The number of benzene rings is 1. The molecule has 0 amide bonds. The fraction of sp³-hybridized carbons (Fsp3) is 0.450.